The number of hydrogen-bond acceptors (Lipinski definition) is 3. The Morgan fingerprint density at radius 2 is 2.05 bits per heavy atom. The molecule has 0 aromatic rings. The fourth-order valence-corrected chi connectivity index (χ4v) is 3.65. The predicted octanol–water partition coefficient (Wildman–Crippen LogP) is 1.09. The lowest BCUT2D eigenvalue weighted by Gasteiger charge is -2.34. The molecule has 2 N–H and O–H groups in total. The third-order valence-corrected chi connectivity index (χ3v) is 4.56. The van der Waals surface area contributed by atoms with Gasteiger partial charge in [-0.15, -0.1) is 0 Å². The molecule has 19 heavy (non-hydrogen) atoms. The van der Waals surface area contributed by atoms with Crippen LogP contribution in [-0.2, 0) is 9.59 Å². The van der Waals surface area contributed by atoms with Gasteiger partial charge in [0.2, 0.25) is 5.91 Å². The first kappa shape index (κ1) is 14.3. The van der Waals surface area contributed by atoms with Crippen molar-refractivity contribution in [1.29, 1.82) is 0 Å². The lowest BCUT2D eigenvalue weighted by atomic mass is 9.84. The molecule has 1 heterocycles. The van der Waals surface area contributed by atoms with Crippen LogP contribution in [0.2, 0.25) is 0 Å². The summed E-state index contributed by atoms with van der Waals surface area (Å²) in [6, 6.07) is -0.457. The molecule has 4 atom stereocenters. The monoisotopic (exact) mass is 268 g/mol. The summed E-state index contributed by atoms with van der Waals surface area (Å²) in [5, 5.41) is 12.4. The molecule has 1 saturated heterocycles. The minimum absolute atomic E-state index is 0.00356. The van der Waals surface area contributed by atoms with Crippen LogP contribution in [0.15, 0.2) is 0 Å². The van der Waals surface area contributed by atoms with Crippen LogP contribution >= 0.6 is 0 Å². The Labute approximate surface area is 114 Å². The first-order valence-electron chi connectivity index (χ1n) is 7.25. The second-order valence-electron chi connectivity index (χ2n) is 5.91. The highest BCUT2D eigenvalue weighted by Crippen LogP contribution is 2.40. The zero-order valence-electron chi connectivity index (χ0n) is 11.8. The fourth-order valence-electron chi connectivity index (χ4n) is 3.65. The molecule has 5 nitrogen and oxygen atoms in total. The van der Waals surface area contributed by atoms with E-state index in [0.717, 1.165) is 19.3 Å². The molecule has 0 radical (unpaired) electrons. The van der Waals surface area contributed by atoms with Crippen molar-refractivity contribution in [3.8, 4) is 0 Å². The van der Waals surface area contributed by atoms with Gasteiger partial charge >= 0.3 is 5.97 Å². The van der Waals surface area contributed by atoms with Crippen molar-refractivity contribution in [3.63, 3.8) is 0 Å². The van der Waals surface area contributed by atoms with E-state index in [1.165, 1.54) is 6.42 Å². The van der Waals surface area contributed by atoms with E-state index in [1.54, 1.807) is 4.90 Å². The first-order chi connectivity index (χ1) is 9.06. The van der Waals surface area contributed by atoms with Gasteiger partial charge in [-0.2, -0.15) is 0 Å². The Hall–Kier alpha value is -1.10. The number of aliphatic carboxylic acids is 1. The molecule has 0 spiro atoms. The molecule has 2 fully saturated rings. The van der Waals surface area contributed by atoms with Gasteiger partial charge in [-0.3, -0.25) is 4.79 Å². The van der Waals surface area contributed by atoms with Gasteiger partial charge in [0.1, 0.15) is 6.04 Å². The van der Waals surface area contributed by atoms with Crippen LogP contribution in [0, 0.1) is 11.8 Å². The molecule has 5 heteroatoms. The number of carboxylic acids is 1. The number of likely N-dealkylation sites (tertiary alicyclic amines) is 1. The number of nitrogens with zero attached hydrogens (tertiary/aromatic N) is 1. The molecule has 2 aliphatic rings. The molecule has 1 aliphatic heterocycles. The van der Waals surface area contributed by atoms with E-state index in [9.17, 15) is 14.7 Å². The normalized spacial score (nSPS) is 31.9. The molecule has 0 bridgehead atoms. The molecular weight excluding hydrogens is 244 g/mol. The highest BCUT2D eigenvalue weighted by atomic mass is 16.4. The van der Waals surface area contributed by atoms with Crippen molar-refractivity contribution < 1.29 is 14.7 Å². The van der Waals surface area contributed by atoms with Crippen LogP contribution in [0.1, 0.15) is 39.0 Å². The number of nitrogens with one attached hydrogen (secondary N) is 1. The average Bonchev–Trinajstić information content (AvgIpc) is 2.77. The minimum atomic E-state index is -0.848. The molecule has 1 saturated carbocycles. The third-order valence-electron chi connectivity index (χ3n) is 4.56. The van der Waals surface area contributed by atoms with Crippen LogP contribution in [0.3, 0.4) is 0 Å². The maximum Gasteiger partial charge on any atom is 0.326 e. The minimum Gasteiger partial charge on any atom is -0.480 e. The van der Waals surface area contributed by atoms with Crippen LogP contribution in [0.4, 0.5) is 0 Å². The highest BCUT2D eigenvalue weighted by Gasteiger charge is 2.48. The molecule has 1 amide bonds. The van der Waals surface area contributed by atoms with Gasteiger partial charge in [-0.25, -0.2) is 4.79 Å². The molecule has 1 aliphatic carbocycles. The summed E-state index contributed by atoms with van der Waals surface area (Å²) < 4.78 is 0. The van der Waals surface area contributed by atoms with Crippen LogP contribution in [-0.4, -0.2) is 47.6 Å². The number of carbonyl (C=O) groups excluding carboxylic acids is 1. The third kappa shape index (κ3) is 2.76. The predicted molar refractivity (Wildman–Crippen MR) is 71.7 cm³/mol. The molecule has 0 aromatic carbocycles. The molecule has 4 unspecified atom stereocenters. The maximum absolute atomic E-state index is 12.5. The van der Waals surface area contributed by atoms with Crippen molar-refractivity contribution in [2.24, 2.45) is 11.8 Å². The Balaban J connectivity index is 2.17. The largest absolute Gasteiger partial charge is 0.480 e. The van der Waals surface area contributed by atoms with E-state index in [2.05, 4.69) is 5.32 Å². The standard InChI is InChI=1S/C14H24N2O3/c1-9(8-15-2)13(17)16-11-6-4-3-5-10(11)7-12(16)14(18)19/h9-12,15H,3-8H2,1-2H3,(H,18,19). The van der Waals surface area contributed by atoms with Gasteiger partial charge in [0.15, 0.2) is 0 Å². The molecule has 2 rings (SSSR count). The lowest BCUT2D eigenvalue weighted by Crippen LogP contribution is -2.49. The second-order valence-corrected chi connectivity index (χ2v) is 5.91. The average molecular weight is 268 g/mol. The summed E-state index contributed by atoms with van der Waals surface area (Å²) >= 11 is 0. The number of fused-ring (bicyclic) bond motifs is 1. The maximum atomic E-state index is 12.5. The smallest absolute Gasteiger partial charge is 0.326 e. The quantitative estimate of drug-likeness (QED) is 0.800. The van der Waals surface area contributed by atoms with E-state index < -0.39 is 12.0 Å². The highest BCUT2D eigenvalue weighted by molar-refractivity contribution is 5.86. The van der Waals surface area contributed by atoms with Gasteiger partial charge in [0, 0.05) is 18.5 Å². The van der Waals surface area contributed by atoms with E-state index in [1.807, 2.05) is 14.0 Å². The summed E-state index contributed by atoms with van der Waals surface area (Å²) in [4.78, 5) is 25.6. The van der Waals surface area contributed by atoms with Crippen molar-refractivity contribution in [1.82, 2.24) is 10.2 Å². The second kappa shape index (κ2) is 5.90. The van der Waals surface area contributed by atoms with E-state index >= 15 is 0 Å². The van der Waals surface area contributed by atoms with Crippen molar-refractivity contribution in [3.05, 3.63) is 0 Å². The van der Waals surface area contributed by atoms with Gasteiger partial charge < -0.3 is 15.3 Å². The topological polar surface area (TPSA) is 69.6 Å². The van der Waals surface area contributed by atoms with Crippen molar-refractivity contribution in [2.45, 2.75) is 51.1 Å². The number of amides is 1. The zero-order valence-corrected chi connectivity index (χ0v) is 11.8. The van der Waals surface area contributed by atoms with Crippen molar-refractivity contribution in [2.75, 3.05) is 13.6 Å². The first-order valence-corrected chi connectivity index (χ1v) is 7.25. The van der Waals surface area contributed by atoms with Crippen LogP contribution < -0.4 is 5.32 Å². The summed E-state index contributed by atoms with van der Waals surface area (Å²) in [6.45, 7) is 2.47. The molecular formula is C14H24N2O3. The number of carboxylic acid groups (broad SMARTS) is 1. The zero-order chi connectivity index (χ0) is 14.0. The van der Waals surface area contributed by atoms with Gasteiger partial charge in [-0.05, 0) is 32.2 Å². The fraction of sp³-hybridized carbons (Fsp3) is 0.857. The Kier molecular flexibility index (Phi) is 4.45. The summed E-state index contributed by atoms with van der Waals surface area (Å²) in [5.41, 5.74) is 0. The summed E-state index contributed by atoms with van der Waals surface area (Å²) in [7, 11) is 1.81. The Morgan fingerprint density at radius 1 is 1.37 bits per heavy atom. The Morgan fingerprint density at radius 3 is 2.68 bits per heavy atom. The number of hydrogen-bond donors (Lipinski definition) is 2. The summed E-state index contributed by atoms with van der Waals surface area (Å²) in [5.74, 6) is -0.622. The Bertz CT molecular complexity index is 359. The SMILES string of the molecule is CNCC(C)C(=O)N1C(C(=O)O)CC2CCCCC21. The molecule has 0 aromatic heterocycles. The number of rotatable bonds is 4. The van der Waals surface area contributed by atoms with Gasteiger partial charge in [-0.1, -0.05) is 19.8 Å². The van der Waals surface area contributed by atoms with E-state index in [0.29, 0.717) is 18.9 Å². The summed E-state index contributed by atoms with van der Waals surface area (Å²) in [6.07, 6.45) is 4.95. The van der Waals surface area contributed by atoms with Crippen LogP contribution in [0.5, 0.6) is 0 Å². The van der Waals surface area contributed by atoms with Crippen LogP contribution in [0.25, 0.3) is 0 Å². The molecule has 108 valence electrons. The van der Waals surface area contributed by atoms with E-state index in [-0.39, 0.29) is 17.9 Å². The van der Waals surface area contributed by atoms with Crippen molar-refractivity contribution >= 4 is 11.9 Å². The van der Waals surface area contributed by atoms with E-state index in [4.69, 9.17) is 0 Å². The van der Waals surface area contributed by atoms with Gasteiger partial charge in [0.25, 0.3) is 0 Å². The van der Waals surface area contributed by atoms with Gasteiger partial charge in [0.05, 0.1) is 0 Å². The lowest BCUT2D eigenvalue weighted by molar-refractivity contribution is -0.151. The number of carbonyl (C=O) groups is 2.